The van der Waals surface area contributed by atoms with E-state index in [1.807, 2.05) is 0 Å². The van der Waals surface area contributed by atoms with Crippen molar-refractivity contribution in [3.8, 4) is 0 Å². The lowest BCUT2D eigenvalue weighted by molar-refractivity contribution is -0.112. The Bertz CT molecular complexity index is 650. The maximum absolute atomic E-state index is 12.1. The van der Waals surface area contributed by atoms with Crippen molar-refractivity contribution in [3.63, 3.8) is 0 Å². The number of allylic oxidation sites excluding steroid dienone is 1. The van der Waals surface area contributed by atoms with Gasteiger partial charge in [0.2, 0.25) is 0 Å². The highest BCUT2D eigenvalue weighted by molar-refractivity contribution is 7.54. The number of carbonyl (C=O) groups excluding carboxylic acids is 1. The lowest BCUT2D eigenvalue weighted by atomic mass is 9.79. The minimum atomic E-state index is -3.33. The zero-order valence-corrected chi connectivity index (χ0v) is 17.6. The molecule has 0 aromatic heterocycles. The average molecular weight is 366 g/mol. The molecule has 140 valence electrons. The average Bonchev–Trinajstić information content (AvgIpc) is 2.51. The van der Waals surface area contributed by atoms with Crippen molar-refractivity contribution in [2.24, 2.45) is 0 Å². The van der Waals surface area contributed by atoms with Crippen LogP contribution in [0.25, 0.3) is 6.08 Å². The van der Waals surface area contributed by atoms with Gasteiger partial charge in [-0.2, -0.15) is 0 Å². The summed E-state index contributed by atoms with van der Waals surface area (Å²) in [5, 5.41) is 0. The number of hydrogen-bond donors (Lipinski definition) is 0. The van der Waals surface area contributed by atoms with Crippen LogP contribution in [0.4, 0.5) is 0 Å². The Labute approximate surface area is 152 Å². The minimum Gasteiger partial charge on any atom is -0.312 e. The van der Waals surface area contributed by atoms with Crippen LogP contribution in [-0.4, -0.2) is 26.2 Å². The monoisotopic (exact) mass is 366 g/mol. The lowest BCUT2D eigenvalue weighted by Gasteiger charge is -2.25. The van der Waals surface area contributed by atoms with E-state index >= 15 is 0 Å². The third kappa shape index (κ3) is 6.54. The lowest BCUT2D eigenvalue weighted by Crippen LogP contribution is -2.16. The third-order valence-electron chi connectivity index (χ3n) is 4.05. The van der Waals surface area contributed by atoms with E-state index in [0.717, 1.165) is 5.56 Å². The molecule has 0 saturated heterocycles. The molecule has 0 spiro atoms. The van der Waals surface area contributed by atoms with E-state index in [0.29, 0.717) is 0 Å². The molecule has 0 unspecified atom stereocenters. The quantitative estimate of drug-likeness (QED) is 0.503. The number of benzene rings is 1. The number of rotatable bonds is 6. The van der Waals surface area contributed by atoms with Crippen molar-refractivity contribution in [1.29, 1.82) is 0 Å². The van der Waals surface area contributed by atoms with Crippen molar-refractivity contribution in [3.05, 3.63) is 41.0 Å². The van der Waals surface area contributed by atoms with Gasteiger partial charge in [-0.25, -0.2) is 0 Å². The maximum Gasteiger partial charge on any atom is 0.337 e. The second-order valence-electron chi connectivity index (χ2n) is 8.28. The van der Waals surface area contributed by atoms with E-state index < -0.39 is 7.60 Å². The van der Waals surface area contributed by atoms with Gasteiger partial charge in [-0.15, -0.1) is 0 Å². The van der Waals surface area contributed by atoms with Crippen molar-refractivity contribution in [2.75, 3.05) is 20.4 Å². The summed E-state index contributed by atoms with van der Waals surface area (Å²) in [5.74, 6) is -0.287. The molecule has 0 saturated carbocycles. The second kappa shape index (κ2) is 7.99. The topological polar surface area (TPSA) is 52.6 Å². The molecule has 0 N–H and O–H groups in total. The van der Waals surface area contributed by atoms with Gasteiger partial charge in [-0.05, 0) is 33.6 Å². The van der Waals surface area contributed by atoms with Crippen molar-refractivity contribution >= 4 is 19.5 Å². The molecule has 1 rings (SSSR count). The van der Waals surface area contributed by atoms with Gasteiger partial charge in [0.1, 0.15) is 6.16 Å². The third-order valence-corrected chi connectivity index (χ3v) is 5.87. The normalized spacial score (nSPS) is 13.4. The highest BCUT2D eigenvalue weighted by atomic mass is 31.2. The first kappa shape index (κ1) is 21.8. The fraction of sp³-hybridized carbons (Fsp3) is 0.550. The molecule has 0 atom stereocenters. The van der Waals surface area contributed by atoms with Crippen LogP contribution in [0.1, 0.15) is 58.2 Å². The Morgan fingerprint density at radius 2 is 1.40 bits per heavy atom. The fourth-order valence-corrected chi connectivity index (χ4v) is 3.14. The molecule has 0 radical (unpaired) electrons. The van der Waals surface area contributed by atoms with Crippen molar-refractivity contribution < 1.29 is 18.4 Å². The first-order valence-corrected chi connectivity index (χ1v) is 10.1. The Morgan fingerprint density at radius 1 is 0.960 bits per heavy atom. The van der Waals surface area contributed by atoms with Crippen LogP contribution in [0, 0.1) is 0 Å². The molecule has 0 aliphatic carbocycles. The van der Waals surface area contributed by atoms with Crippen LogP contribution in [0.3, 0.4) is 0 Å². The smallest absolute Gasteiger partial charge is 0.312 e. The van der Waals surface area contributed by atoms with Gasteiger partial charge in [-0.1, -0.05) is 65.8 Å². The summed E-state index contributed by atoms with van der Waals surface area (Å²) in [6.45, 7) is 13.0. The zero-order chi connectivity index (χ0) is 19.5. The predicted molar refractivity (Wildman–Crippen MR) is 104 cm³/mol. The van der Waals surface area contributed by atoms with Gasteiger partial charge in [0.25, 0.3) is 0 Å². The first-order chi connectivity index (χ1) is 11.3. The van der Waals surface area contributed by atoms with Crippen LogP contribution >= 0.6 is 7.60 Å². The summed E-state index contributed by atoms with van der Waals surface area (Å²) in [6, 6.07) is 6.40. The van der Waals surface area contributed by atoms with E-state index in [9.17, 15) is 9.36 Å². The van der Waals surface area contributed by atoms with Gasteiger partial charge >= 0.3 is 7.60 Å². The largest absolute Gasteiger partial charge is 0.337 e. The van der Waals surface area contributed by atoms with Gasteiger partial charge < -0.3 is 9.05 Å². The van der Waals surface area contributed by atoms with Crippen LogP contribution in [0.2, 0.25) is 0 Å². The van der Waals surface area contributed by atoms with E-state index in [2.05, 4.69) is 59.7 Å². The first-order valence-electron chi connectivity index (χ1n) is 8.38. The van der Waals surface area contributed by atoms with E-state index in [1.54, 1.807) is 6.08 Å². The van der Waals surface area contributed by atoms with Crippen LogP contribution in [0.15, 0.2) is 24.3 Å². The number of hydrogen-bond acceptors (Lipinski definition) is 4. The molecular weight excluding hydrogens is 335 g/mol. The highest BCUT2D eigenvalue weighted by Gasteiger charge is 2.24. The molecule has 0 fully saturated rings. The summed E-state index contributed by atoms with van der Waals surface area (Å²) >= 11 is 0. The van der Waals surface area contributed by atoms with Crippen LogP contribution in [0.5, 0.6) is 0 Å². The van der Waals surface area contributed by atoms with E-state index in [-0.39, 0.29) is 22.8 Å². The molecule has 0 amide bonds. The Kier molecular flexibility index (Phi) is 6.97. The summed E-state index contributed by atoms with van der Waals surface area (Å²) in [5.41, 5.74) is 3.40. The molecule has 4 nitrogen and oxygen atoms in total. The van der Waals surface area contributed by atoms with Crippen LogP contribution in [-0.2, 0) is 29.2 Å². The van der Waals surface area contributed by atoms with Gasteiger partial charge in [-0.3, -0.25) is 9.36 Å². The fourth-order valence-electron chi connectivity index (χ4n) is 2.25. The summed E-state index contributed by atoms with van der Waals surface area (Å²) in [7, 11) is -0.769. The molecule has 0 heterocycles. The number of ketones is 1. The second-order valence-corrected chi connectivity index (χ2v) is 10.5. The molecule has 0 aliphatic heterocycles. The number of carbonyl (C=O) groups is 1. The Balaban J connectivity index is 3.16. The molecule has 5 heteroatoms. The predicted octanol–water partition coefficient (Wildman–Crippen LogP) is 5.35. The maximum atomic E-state index is 12.1. The van der Waals surface area contributed by atoms with Crippen LogP contribution < -0.4 is 0 Å². The van der Waals surface area contributed by atoms with Gasteiger partial charge in [0.15, 0.2) is 5.78 Å². The SMILES string of the molecule is COP(=O)(CC(=O)C=Cc1cc(C(C)(C)C)cc(C(C)(C)C)c1)OC. The summed E-state index contributed by atoms with van der Waals surface area (Å²) in [4.78, 5) is 12.1. The molecule has 0 aliphatic rings. The Morgan fingerprint density at radius 3 is 1.76 bits per heavy atom. The summed E-state index contributed by atoms with van der Waals surface area (Å²) in [6.07, 6.45) is 2.95. The van der Waals surface area contributed by atoms with Gasteiger partial charge in [0.05, 0.1) is 0 Å². The minimum absolute atomic E-state index is 0.00959. The zero-order valence-electron chi connectivity index (χ0n) is 16.7. The van der Waals surface area contributed by atoms with Crippen molar-refractivity contribution in [2.45, 2.75) is 52.4 Å². The Hall–Kier alpha value is -1.22. The van der Waals surface area contributed by atoms with E-state index in [1.165, 1.54) is 31.4 Å². The molecule has 1 aromatic rings. The van der Waals surface area contributed by atoms with Gasteiger partial charge in [0, 0.05) is 14.2 Å². The molecule has 1 aromatic carbocycles. The van der Waals surface area contributed by atoms with Crippen molar-refractivity contribution in [1.82, 2.24) is 0 Å². The van der Waals surface area contributed by atoms with E-state index in [4.69, 9.17) is 9.05 Å². The summed E-state index contributed by atoms with van der Waals surface area (Å²) < 4.78 is 21.7. The standard InChI is InChI=1S/C20H31O4P/c1-19(2,3)16-11-15(12-17(13-16)20(4,5)6)9-10-18(21)14-25(22,23-7)24-8/h9-13H,14H2,1-8H3. The molecular formula is C20H31O4P. The molecule has 0 bridgehead atoms. The molecule has 25 heavy (non-hydrogen) atoms. The highest BCUT2D eigenvalue weighted by Crippen LogP contribution is 2.46.